The summed E-state index contributed by atoms with van der Waals surface area (Å²) in [5.74, 6) is -1.10. The lowest BCUT2D eigenvalue weighted by Crippen LogP contribution is -2.14. The Labute approximate surface area is 133 Å². The monoisotopic (exact) mass is 334 g/mol. The fourth-order valence-electron chi connectivity index (χ4n) is 1.84. The third-order valence-electron chi connectivity index (χ3n) is 2.91. The summed E-state index contributed by atoms with van der Waals surface area (Å²) in [6.45, 7) is 0. The van der Waals surface area contributed by atoms with E-state index in [4.69, 9.17) is 4.74 Å². The van der Waals surface area contributed by atoms with E-state index in [1.54, 1.807) is 0 Å². The lowest BCUT2D eigenvalue weighted by Gasteiger charge is -2.02. The van der Waals surface area contributed by atoms with Crippen LogP contribution in [0.4, 0.5) is 11.4 Å². The molecule has 0 spiro atoms. The molecule has 0 saturated carbocycles. The summed E-state index contributed by atoms with van der Waals surface area (Å²) < 4.78 is 4.87. The molecular formula is C13H10N4O7. The maximum atomic E-state index is 11.5. The van der Waals surface area contributed by atoms with Crippen LogP contribution < -0.4 is 10.3 Å². The Bertz CT molecular complexity index is 904. The first kappa shape index (κ1) is 16.6. The van der Waals surface area contributed by atoms with Gasteiger partial charge in [-0.15, -0.1) is 0 Å². The van der Waals surface area contributed by atoms with Gasteiger partial charge in [0.2, 0.25) is 0 Å². The van der Waals surface area contributed by atoms with E-state index >= 15 is 0 Å². The summed E-state index contributed by atoms with van der Waals surface area (Å²) in [6, 6.07) is 4.14. The summed E-state index contributed by atoms with van der Waals surface area (Å²) in [6.07, 6.45) is 2.60. The number of nitrogens with one attached hydrogen (secondary N) is 1. The molecule has 2 N–H and O–H groups in total. The maximum Gasteiger partial charge on any atom is 0.395 e. The standard InChI is InChI=1S/C13H10N4O7/c1-24-9-4-2-7(6-8(9)16(20)21)3-5-10-14-12(18)11(17(22)23)13(19)15-10/h2-6H,1H3,(H2,14,15,18,19). The van der Waals surface area contributed by atoms with Crippen molar-refractivity contribution in [3.05, 3.63) is 60.2 Å². The number of H-pyrrole nitrogens is 1. The van der Waals surface area contributed by atoms with Crippen molar-refractivity contribution >= 4 is 23.5 Å². The number of rotatable bonds is 5. The first-order valence-electron chi connectivity index (χ1n) is 6.31. The van der Waals surface area contributed by atoms with Crippen molar-refractivity contribution < 1.29 is 19.7 Å². The number of nitro benzene ring substituents is 1. The molecule has 11 heteroatoms. The van der Waals surface area contributed by atoms with Crippen LogP contribution in [0.3, 0.4) is 0 Å². The van der Waals surface area contributed by atoms with Gasteiger partial charge in [-0.25, -0.2) is 0 Å². The van der Waals surface area contributed by atoms with Gasteiger partial charge in [0.25, 0.3) is 5.88 Å². The highest BCUT2D eigenvalue weighted by Crippen LogP contribution is 2.28. The molecule has 0 atom stereocenters. The molecule has 124 valence electrons. The molecule has 0 radical (unpaired) electrons. The molecule has 0 aliphatic heterocycles. The molecule has 11 nitrogen and oxygen atoms in total. The van der Waals surface area contributed by atoms with Gasteiger partial charge in [-0.1, -0.05) is 12.1 Å². The van der Waals surface area contributed by atoms with Gasteiger partial charge < -0.3 is 14.8 Å². The third-order valence-corrected chi connectivity index (χ3v) is 2.91. The molecular weight excluding hydrogens is 324 g/mol. The normalized spacial score (nSPS) is 10.7. The van der Waals surface area contributed by atoms with Crippen molar-refractivity contribution in [3.63, 3.8) is 0 Å². The number of aromatic hydroxyl groups is 1. The molecule has 24 heavy (non-hydrogen) atoms. The highest BCUT2D eigenvalue weighted by Gasteiger charge is 2.21. The molecule has 0 amide bonds. The lowest BCUT2D eigenvalue weighted by atomic mass is 10.1. The first-order chi connectivity index (χ1) is 11.3. The smallest absolute Gasteiger partial charge is 0.395 e. The summed E-state index contributed by atoms with van der Waals surface area (Å²) >= 11 is 0. The SMILES string of the molecule is COc1ccc(C=Cc2nc(O)c([N+](=O)[O-])c(=O)[nH]2)cc1[N+](=O)[O-]. The van der Waals surface area contributed by atoms with Gasteiger partial charge >= 0.3 is 16.9 Å². The minimum absolute atomic E-state index is 0.0802. The van der Waals surface area contributed by atoms with Crippen LogP contribution in [-0.4, -0.2) is 32.0 Å². The summed E-state index contributed by atoms with van der Waals surface area (Å²) in [5, 5.41) is 30.9. The van der Waals surface area contributed by atoms with Gasteiger partial charge in [0.15, 0.2) is 5.75 Å². The summed E-state index contributed by atoms with van der Waals surface area (Å²) in [7, 11) is 1.30. The van der Waals surface area contributed by atoms with Crippen LogP contribution >= 0.6 is 0 Å². The molecule has 2 aromatic rings. The Morgan fingerprint density at radius 3 is 2.50 bits per heavy atom. The number of aromatic amines is 1. The fourth-order valence-corrected chi connectivity index (χ4v) is 1.84. The first-order valence-corrected chi connectivity index (χ1v) is 6.31. The molecule has 0 unspecified atom stereocenters. The second kappa shape index (κ2) is 6.56. The molecule has 1 aromatic carbocycles. The van der Waals surface area contributed by atoms with Crippen molar-refractivity contribution in [1.82, 2.24) is 9.97 Å². The van der Waals surface area contributed by atoms with E-state index in [9.17, 15) is 30.1 Å². The topological polar surface area (TPSA) is 161 Å². The Kier molecular flexibility index (Phi) is 4.54. The van der Waals surface area contributed by atoms with Crippen LogP contribution in [0.25, 0.3) is 12.2 Å². The molecule has 0 aliphatic carbocycles. The van der Waals surface area contributed by atoms with E-state index in [1.165, 1.54) is 37.5 Å². The number of hydrogen-bond donors (Lipinski definition) is 2. The van der Waals surface area contributed by atoms with Crippen LogP contribution in [0.1, 0.15) is 11.4 Å². The van der Waals surface area contributed by atoms with Gasteiger partial charge in [-0.05, 0) is 17.7 Å². The number of ether oxygens (including phenoxy) is 1. The number of nitro groups is 2. The zero-order valence-corrected chi connectivity index (χ0v) is 12.1. The molecule has 0 bridgehead atoms. The molecule has 1 aromatic heterocycles. The van der Waals surface area contributed by atoms with E-state index in [2.05, 4.69) is 9.97 Å². The van der Waals surface area contributed by atoms with Crippen molar-refractivity contribution in [3.8, 4) is 11.6 Å². The quantitative estimate of drug-likeness (QED) is 0.613. The maximum absolute atomic E-state index is 11.5. The van der Waals surface area contributed by atoms with Crippen LogP contribution in [-0.2, 0) is 0 Å². The Morgan fingerprint density at radius 2 is 1.96 bits per heavy atom. The van der Waals surface area contributed by atoms with Crippen molar-refractivity contribution in [1.29, 1.82) is 0 Å². The molecule has 0 aliphatic rings. The predicted molar refractivity (Wildman–Crippen MR) is 81.8 cm³/mol. The molecule has 0 saturated heterocycles. The minimum atomic E-state index is -1.12. The number of aromatic nitrogens is 2. The van der Waals surface area contributed by atoms with E-state index in [1.807, 2.05) is 0 Å². The van der Waals surface area contributed by atoms with Gasteiger partial charge in [-0.3, -0.25) is 25.0 Å². The zero-order chi connectivity index (χ0) is 17.9. The largest absolute Gasteiger partial charge is 0.490 e. The number of nitrogens with zero attached hydrogens (tertiary/aromatic N) is 3. The van der Waals surface area contributed by atoms with Crippen LogP contribution in [0.2, 0.25) is 0 Å². The molecule has 2 rings (SSSR count). The predicted octanol–water partition coefficient (Wildman–Crippen LogP) is 1.47. The second-order valence-corrected chi connectivity index (χ2v) is 4.40. The van der Waals surface area contributed by atoms with Crippen molar-refractivity contribution in [2.75, 3.05) is 7.11 Å². The second-order valence-electron chi connectivity index (χ2n) is 4.40. The summed E-state index contributed by atoms with van der Waals surface area (Å²) in [4.78, 5) is 37.0. The van der Waals surface area contributed by atoms with Crippen LogP contribution in [0, 0.1) is 20.2 Å². The van der Waals surface area contributed by atoms with Crippen molar-refractivity contribution in [2.24, 2.45) is 0 Å². The minimum Gasteiger partial charge on any atom is -0.490 e. The van der Waals surface area contributed by atoms with Crippen molar-refractivity contribution in [2.45, 2.75) is 0 Å². The number of hydrogen-bond acceptors (Lipinski definition) is 8. The lowest BCUT2D eigenvalue weighted by molar-refractivity contribution is -0.387. The fraction of sp³-hybridized carbons (Fsp3) is 0.0769. The van der Waals surface area contributed by atoms with E-state index in [0.717, 1.165) is 0 Å². The average molecular weight is 334 g/mol. The van der Waals surface area contributed by atoms with Gasteiger partial charge in [0.1, 0.15) is 5.82 Å². The Hall–Kier alpha value is -3.76. The van der Waals surface area contributed by atoms with Gasteiger partial charge in [0, 0.05) is 6.07 Å². The van der Waals surface area contributed by atoms with E-state index < -0.39 is 27.0 Å². The Balaban J connectivity index is 2.38. The van der Waals surface area contributed by atoms with E-state index in [-0.39, 0.29) is 17.3 Å². The molecule has 0 fully saturated rings. The zero-order valence-electron chi connectivity index (χ0n) is 12.1. The number of benzene rings is 1. The van der Waals surface area contributed by atoms with Crippen LogP contribution in [0.5, 0.6) is 11.6 Å². The Morgan fingerprint density at radius 1 is 1.25 bits per heavy atom. The van der Waals surface area contributed by atoms with Crippen LogP contribution in [0.15, 0.2) is 23.0 Å². The van der Waals surface area contributed by atoms with E-state index in [0.29, 0.717) is 5.56 Å². The summed E-state index contributed by atoms with van der Waals surface area (Å²) in [5.41, 5.74) is -2.05. The average Bonchev–Trinajstić information content (AvgIpc) is 2.51. The molecule has 1 heterocycles. The third kappa shape index (κ3) is 3.35. The highest BCUT2D eigenvalue weighted by atomic mass is 16.6. The number of methoxy groups -OCH3 is 1. The highest BCUT2D eigenvalue weighted by molar-refractivity contribution is 5.69. The van der Waals surface area contributed by atoms with Gasteiger partial charge in [-0.2, -0.15) is 4.98 Å². The van der Waals surface area contributed by atoms with Gasteiger partial charge in [0.05, 0.1) is 17.0 Å².